The second kappa shape index (κ2) is 7.45. The van der Waals surface area contributed by atoms with Crippen molar-refractivity contribution in [2.45, 2.75) is 19.3 Å². The van der Waals surface area contributed by atoms with Gasteiger partial charge in [-0.2, -0.15) is 0 Å². The molecule has 0 radical (unpaired) electrons. The van der Waals surface area contributed by atoms with Gasteiger partial charge in [0.25, 0.3) is 0 Å². The van der Waals surface area contributed by atoms with Gasteiger partial charge in [0.2, 0.25) is 0 Å². The molecule has 0 amide bonds. The van der Waals surface area contributed by atoms with E-state index >= 15 is 0 Å². The Bertz CT molecular complexity index is 459. The van der Waals surface area contributed by atoms with Gasteiger partial charge in [-0.05, 0) is 44.1 Å². The summed E-state index contributed by atoms with van der Waals surface area (Å²) in [6.07, 6.45) is 3.95. The molecule has 2 N–H and O–H groups in total. The summed E-state index contributed by atoms with van der Waals surface area (Å²) in [6, 6.07) is 5.54. The maximum Gasteiger partial charge on any atom is 0.161 e. The highest BCUT2D eigenvalue weighted by molar-refractivity contribution is 7.80. The molecule has 0 aliphatic carbocycles. The number of hydrogen-bond acceptors (Lipinski definition) is 4. The first-order valence-electron chi connectivity index (χ1n) is 7.03. The lowest BCUT2D eigenvalue weighted by molar-refractivity contribution is 0.180. The number of benzene rings is 1. The van der Waals surface area contributed by atoms with E-state index in [2.05, 4.69) is 4.90 Å². The van der Waals surface area contributed by atoms with Gasteiger partial charge in [-0.3, -0.25) is 4.90 Å². The smallest absolute Gasteiger partial charge is 0.161 e. The van der Waals surface area contributed by atoms with Crippen LogP contribution in [0, 0.1) is 0 Å². The molecule has 0 spiro atoms. The number of thiocarbonyl (C=S) groups is 1. The molecule has 4 nitrogen and oxygen atoms in total. The molecule has 20 heavy (non-hydrogen) atoms. The Hall–Kier alpha value is -1.33. The van der Waals surface area contributed by atoms with Crippen molar-refractivity contribution >= 4 is 17.2 Å². The standard InChI is InChI=1S/C15H22N2O2S/c1-18-14-11-12(15(16)20)5-6-13(14)19-10-9-17-7-3-2-4-8-17/h5-6,11H,2-4,7-10H2,1H3,(H2,16,20). The van der Waals surface area contributed by atoms with E-state index in [1.165, 1.54) is 32.4 Å². The van der Waals surface area contributed by atoms with Crippen LogP contribution in [0.15, 0.2) is 18.2 Å². The molecule has 0 aromatic heterocycles. The molecule has 1 aliphatic rings. The Morgan fingerprint density at radius 2 is 2.00 bits per heavy atom. The van der Waals surface area contributed by atoms with Crippen molar-refractivity contribution in [2.75, 3.05) is 33.4 Å². The number of ether oxygens (including phenoxy) is 2. The zero-order chi connectivity index (χ0) is 14.4. The molecule has 1 aromatic rings. The van der Waals surface area contributed by atoms with Gasteiger partial charge >= 0.3 is 0 Å². The minimum absolute atomic E-state index is 0.364. The van der Waals surface area contributed by atoms with Crippen LogP contribution in [-0.2, 0) is 0 Å². The summed E-state index contributed by atoms with van der Waals surface area (Å²) in [7, 11) is 1.62. The number of rotatable bonds is 6. The van der Waals surface area contributed by atoms with Crippen LogP contribution in [0.25, 0.3) is 0 Å². The third kappa shape index (κ3) is 4.08. The van der Waals surface area contributed by atoms with Crippen LogP contribution in [0.3, 0.4) is 0 Å². The molecule has 1 fully saturated rings. The summed E-state index contributed by atoms with van der Waals surface area (Å²) in [5.41, 5.74) is 6.41. The lowest BCUT2D eigenvalue weighted by Crippen LogP contribution is -2.33. The van der Waals surface area contributed by atoms with Crippen molar-refractivity contribution < 1.29 is 9.47 Å². The first-order chi connectivity index (χ1) is 9.70. The number of nitrogens with zero attached hydrogens (tertiary/aromatic N) is 1. The van der Waals surface area contributed by atoms with Crippen LogP contribution in [0.5, 0.6) is 11.5 Å². The van der Waals surface area contributed by atoms with Gasteiger partial charge in [-0.25, -0.2) is 0 Å². The van der Waals surface area contributed by atoms with Crippen molar-refractivity contribution in [1.29, 1.82) is 0 Å². The highest BCUT2D eigenvalue weighted by atomic mass is 32.1. The Balaban J connectivity index is 1.89. The first-order valence-corrected chi connectivity index (χ1v) is 7.44. The summed E-state index contributed by atoms with van der Waals surface area (Å²) in [4.78, 5) is 2.81. The number of likely N-dealkylation sites (tertiary alicyclic amines) is 1. The van der Waals surface area contributed by atoms with Gasteiger partial charge in [-0.15, -0.1) is 0 Å². The Kier molecular flexibility index (Phi) is 5.61. The third-order valence-corrected chi connectivity index (χ3v) is 3.80. The third-order valence-electron chi connectivity index (χ3n) is 3.56. The fraction of sp³-hybridized carbons (Fsp3) is 0.533. The highest BCUT2D eigenvalue weighted by Gasteiger charge is 2.11. The predicted molar refractivity (Wildman–Crippen MR) is 84.7 cm³/mol. The zero-order valence-corrected chi connectivity index (χ0v) is 12.7. The molecule has 0 atom stereocenters. The Morgan fingerprint density at radius 1 is 1.25 bits per heavy atom. The molecule has 0 saturated carbocycles. The van der Waals surface area contributed by atoms with E-state index in [4.69, 9.17) is 27.4 Å². The van der Waals surface area contributed by atoms with Gasteiger partial charge in [0.1, 0.15) is 11.6 Å². The second-order valence-electron chi connectivity index (χ2n) is 4.98. The molecule has 1 heterocycles. The Morgan fingerprint density at radius 3 is 2.65 bits per heavy atom. The maximum absolute atomic E-state index is 5.81. The molecular weight excluding hydrogens is 272 g/mol. The first kappa shape index (κ1) is 15.1. The normalized spacial score (nSPS) is 15.8. The van der Waals surface area contributed by atoms with Gasteiger partial charge in [-0.1, -0.05) is 18.6 Å². The average molecular weight is 294 g/mol. The van der Waals surface area contributed by atoms with Crippen molar-refractivity contribution in [3.05, 3.63) is 23.8 Å². The number of methoxy groups -OCH3 is 1. The van der Waals surface area contributed by atoms with E-state index in [1.54, 1.807) is 7.11 Å². The van der Waals surface area contributed by atoms with Crippen LogP contribution in [0.2, 0.25) is 0 Å². The van der Waals surface area contributed by atoms with Gasteiger partial charge < -0.3 is 15.2 Å². The van der Waals surface area contributed by atoms with E-state index in [-0.39, 0.29) is 0 Å². The van der Waals surface area contributed by atoms with Crippen LogP contribution < -0.4 is 15.2 Å². The van der Waals surface area contributed by atoms with Gasteiger partial charge in [0, 0.05) is 12.1 Å². The molecule has 1 saturated heterocycles. The van der Waals surface area contributed by atoms with Crippen molar-refractivity contribution in [3.8, 4) is 11.5 Å². The molecule has 1 aromatic carbocycles. The summed E-state index contributed by atoms with van der Waals surface area (Å²) < 4.78 is 11.1. The van der Waals surface area contributed by atoms with Crippen LogP contribution in [0.4, 0.5) is 0 Å². The number of piperidine rings is 1. The molecule has 2 rings (SSSR count). The monoisotopic (exact) mass is 294 g/mol. The van der Waals surface area contributed by atoms with E-state index in [9.17, 15) is 0 Å². The molecule has 0 unspecified atom stereocenters. The van der Waals surface area contributed by atoms with Gasteiger partial charge in [0.05, 0.1) is 7.11 Å². The minimum atomic E-state index is 0.364. The van der Waals surface area contributed by atoms with Crippen molar-refractivity contribution in [3.63, 3.8) is 0 Å². The van der Waals surface area contributed by atoms with Crippen LogP contribution >= 0.6 is 12.2 Å². The zero-order valence-electron chi connectivity index (χ0n) is 11.9. The predicted octanol–water partition coefficient (Wildman–Crippen LogP) is 2.19. The SMILES string of the molecule is COc1cc(C(N)=S)ccc1OCCN1CCCCC1. The minimum Gasteiger partial charge on any atom is -0.493 e. The largest absolute Gasteiger partial charge is 0.493 e. The molecule has 5 heteroatoms. The second-order valence-corrected chi connectivity index (χ2v) is 5.42. The number of nitrogens with two attached hydrogens (primary N) is 1. The van der Waals surface area contributed by atoms with E-state index in [0.29, 0.717) is 17.3 Å². The van der Waals surface area contributed by atoms with Gasteiger partial charge in [0.15, 0.2) is 11.5 Å². The molecule has 1 aliphatic heterocycles. The Labute approximate surface area is 125 Å². The highest BCUT2D eigenvalue weighted by Crippen LogP contribution is 2.28. The maximum atomic E-state index is 5.81. The molecule has 110 valence electrons. The van der Waals surface area contributed by atoms with E-state index in [1.807, 2.05) is 18.2 Å². The van der Waals surface area contributed by atoms with Crippen molar-refractivity contribution in [1.82, 2.24) is 4.90 Å². The summed E-state index contributed by atoms with van der Waals surface area (Å²) >= 11 is 4.96. The lowest BCUT2D eigenvalue weighted by atomic mass is 10.1. The summed E-state index contributed by atoms with van der Waals surface area (Å²) in [6.45, 7) is 3.99. The quantitative estimate of drug-likeness (QED) is 0.815. The van der Waals surface area contributed by atoms with E-state index < -0.39 is 0 Å². The molecular formula is C15H22N2O2S. The number of hydrogen-bond donors (Lipinski definition) is 1. The topological polar surface area (TPSA) is 47.7 Å². The van der Waals surface area contributed by atoms with Crippen LogP contribution in [0.1, 0.15) is 24.8 Å². The van der Waals surface area contributed by atoms with E-state index in [0.717, 1.165) is 17.9 Å². The molecule has 0 bridgehead atoms. The fourth-order valence-electron chi connectivity index (χ4n) is 2.41. The summed E-state index contributed by atoms with van der Waals surface area (Å²) in [5, 5.41) is 0. The van der Waals surface area contributed by atoms with Crippen molar-refractivity contribution in [2.24, 2.45) is 5.73 Å². The summed E-state index contributed by atoms with van der Waals surface area (Å²) in [5.74, 6) is 1.42. The average Bonchev–Trinajstić information content (AvgIpc) is 2.48. The van der Waals surface area contributed by atoms with Crippen LogP contribution in [-0.4, -0.2) is 43.2 Å². The lowest BCUT2D eigenvalue weighted by Gasteiger charge is -2.26. The fourth-order valence-corrected chi connectivity index (χ4v) is 2.53.